The van der Waals surface area contributed by atoms with Gasteiger partial charge in [0, 0.05) is 12.2 Å². The summed E-state index contributed by atoms with van der Waals surface area (Å²) in [5, 5.41) is 6.15. The van der Waals surface area contributed by atoms with E-state index in [0.717, 1.165) is 42.6 Å². The number of hydrogen-bond donors (Lipinski definition) is 2. The largest absolute Gasteiger partial charge is 0.492 e. The van der Waals surface area contributed by atoms with Crippen molar-refractivity contribution in [2.75, 3.05) is 44.6 Å². The number of aryl methyl sites for hydroxylation is 1. The molecule has 148 valence electrons. The van der Waals surface area contributed by atoms with Crippen molar-refractivity contribution in [2.24, 2.45) is 5.92 Å². The van der Waals surface area contributed by atoms with E-state index in [1.165, 1.54) is 38.8 Å². The first-order valence-electron chi connectivity index (χ1n) is 9.17. The minimum Gasteiger partial charge on any atom is -0.492 e. The second-order valence-electron chi connectivity index (χ2n) is 7.00. The van der Waals surface area contributed by atoms with Crippen LogP contribution < -0.4 is 15.4 Å². The van der Waals surface area contributed by atoms with Gasteiger partial charge in [0.15, 0.2) is 0 Å². The Morgan fingerprint density at radius 1 is 1.23 bits per heavy atom. The van der Waals surface area contributed by atoms with Crippen molar-refractivity contribution in [3.63, 3.8) is 0 Å². The summed E-state index contributed by atoms with van der Waals surface area (Å²) in [5.41, 5.74) is 1.89. The van der Waals surface area contributed by atoms with E-state index in [-0.39, 0.29) is 30.7 Å². The number of anilines is 1. The van der Waals surface area contributed by atoms with Crippen LogP contribution in [0.2, 0.25) is 0 Å². The van der Waals surface area contributed by atoms with Crippen LogP contribution in [-0.2, 0) is 4.79 Å². The van der Waals surface area contributed by atoms with Crippen molar-refractivity contribution in [3.8, 4) is 5.75 Å². The Bertz CT molecular complexity index is 562. The molecule has 26 heavy (non-hydrogen) atoms. The highest BCUT2D eigenvalue weighted by atomic mass is 35.5. The molecule has 0 radical (unpaired) electrons. The molecule has 0 aromatic heterocycles. The molecule has 1 saturated carbocycles. The van der Waals surface area contributed by atoms with Crippen molar-refractivity contribution in [2.45, 2.75) is 32.6 Å². The average Bonchev–Trinajstić information content (AvgIpc) is 3.23. The predicted octanol–water partition coefficient (Wildman–Crippen LogP) is 3.25. The van der Waals surface area contributed by atoms with E-state index in [1.54, 1.807) is 0 Å². The number of benzene rings is 1. The number of halogens is 2. The Morgan fingerprint density at radius 3 is 2.62 bits per heavy atom. The number of nitrogens with zero attached hydrogens (tertiary/aromatic N) is 1. The van der Waals surface area contributed by atoms with Gasteiger partial charge in [-0.3, -0.25) is 9.69 Å². The van der Waals surface area contributed by atoms with E-state index in [9.17, 15) is 4.79 Å². The summed E-state index contributed by atoms with van der Waals surface area (Å²) in [6, 6.07) is 5.84. The average molecular weight is 404 g/mol. The third-order valence-electron chi connectivity index (χ3n) is 4.74. The normalized spacial score (nSPS) is 16.5. The molecule has 0 unspecified atom stereocenters. The molecule has 0 spiro atoms. The molecule has 0 atom stereocenters. The monoisotopic (exact) mass is 403 g/mol. The zero-order valence-electron chi connectivity index (χ0n) is 15.5. The van der Waals surface area contributed by atoms with Crippen molar-refractivity contribution in [1.29, 1.82) is 0 Å². The van der Waals surface area contributed by atoms with Gasteiger partial charge in [-0.25, -0.2) is 0 Å². The van der Waals surface area contributed by atoms with Crippen LogP contribution in [0.5, 0.6) is 5.75 Å². The Morgan fingerprint density at radius 2 is 1.96 bits per heavy atom. The topological polar surface area (TPSA) is 53.6 Å². The first-order valence-corrected chi connectivity index (χ1v) is 9.17. The molecule has 3 rings (SSSR count). The summed E-state index contributed by atoms with van der Waals surface area (Å²) >= 11 is 0. The van der Waals surface area contributed by atoms with Gasteiger partial charge in [0.25, 0.3) is 0 Å². The van der Waals surface area contributed by atoms with Gasteiger partial charge in [0.05, 0.1) is 6.54 Å². The fraction of sp³-hybridized carbons (Fsp3) is 0.632. The first-order chi connectivity index (χ1) is 11.7. The Hall–Kier alpha value is -1.01. The summed E-state index contributed by atoms with van der Waals surface area (Å²) < 4.78 is 5.89. The summed E-state index contributed by atoms with van der Waals surface area (Å²) in [7, 11) is 0. The molecule has 1 aromatic carbocycles. The quantitative estimate of drug-likeness (QED) is 0.664. The van der Waals surface area contributed by atoms with E-state index >= 15 is 0 Å². The van der Waals surface area contributed by atoms with Crippen LogP contribution >= 0.6 is 24.8 Å². The molecule has 1 aromatic rings. The lowest BCUT2D eigenvalue weighted by molar-refractivity contribution is -0.115. The van der Waals surface area contributed by atoms with Gasteiger partial charge in [-0.15, -0.1) is 24.8 Å². The first kappa shape index (κ1) is 23.0. The number of ether oxygens (including phenoxy) is 1. The Balaban J connectivity index is 0.00000169. The molecule has 0 bridgehead atoms. The van der Waals surface area contributed by atoms with Crippen molar-refractivity contribution < 1.29 is 9.53 Å². The minimum atomic E-state index is 0. The molecule has 1 aliphatic carbocycles. The van der Waals surface area contributed by atoms with Gasteiger partial charge in [0.2, 0.25) is 5.91 Å². The second-order valence-corrected chi connectivity index (χ2v) is 7.00. The van der Waals surface area contributed by atoms with Crippen LogP contribution in [-0.4, -0.2) is 50.1 Å². The van der Waals surface area contributed by atoms with E-state index < -0.39 is 0 Å². The molecular formula is C19H31Cl2N3O2. The second kappa shape index (κ2) is 11.7. The maximum absolute atomic E-state index is 11.9. The molecule has 2 fully saturated rings. The number of likely N-dealkylation sites (tertiary alicyclic amines) is 1. The third-order valence-corrected chi connectivity index (χ3v) is 4.74. The van der Waals surface area contributed by atoms with Crippen molar-refractivity contribution in [1.82, 2.24) is 10.2 Å². The van der Waals surface area contributed by atoms with Crippen LogP contribution in [0.1, 0.15) is 31.2 Å². The lowest BCUT2D eigenvalue weighted by Gasteiger charge is -2.16. The van der Waals surface area contributed by atoms with Crippen LogP contribution in [0, 0.1) is 12.8 Å². The van der Waals surface area contributed by atoms with Crippen LogP contribution in [0.15, 0.2) is 18.2 Å². The summed E-state index contributed by atoms with van der Waals surface area (Å²) in [4.78, 5) is 14.4. The summed E-state index contributed by atoms with van der Waals surface area (Å²) in [6.07, 6.45) is 5.21. The van der Waals surface area contributed by atoms with E-state index in [1.807, 2.05) is 25.1 Å². The van der Waals surface area contributed by atoms with Crippen molar-refractivity contribution in [3.05, 3.63) is 23.8 Å². The zero-order valence-corrected chi connectivity index (χ0v) is 17.1. The highest BCUT2D eigenvalue weighted by Crippen LogP contribution is 2.27. The lowest BCUT2D eigenvalue weighted by atomic mass is 10.2. The van der Waals surface area contributed by atoms with Gasteiger partial charge < -0.3 is 15.4 Å². The van der Waals surface area contributed by atoms with Gasteiger partial charge in [-0.1, -0.05) is 0 Å². The Kier molecular flexibility index (Phi) is 10.3. The zero-order chi connectivity index (χ0) is 16.8. The maximum atomic E-state index is 11.9. The molecule has 1 aliphatic heterocycles. The summed E-state index contributed by atoms with van der Waals surface area (Å²) in [5.74, 6) is 1.70. The summed E-state index contributed by atoms with van der Waals surface area (Å²) in [6.45, 7) is 7.46. The molecule has 1 saturated heterocycles. The van der Waals surface area contributed by atoms with Crippen LogP contribution in [0.4, 0.5) is 5.69 Å². The fourth-order valence-corrected chi connectivity index (χ4v) is 3.10. The minimum absolute atomic E-state index is 0. The van der Waals surface area contributed by atoms with Gasteiger partial charge in [-0.05, 0) is 81.9 Å². The van der Waals surface area contributed by atoms with Crippen LogP contribution in [0.3, 0.4) is 0 Å². The van der Waals surface area contributed by atoms with Gasteiger partial charge >= 0.3 is 0 Å². The number of nitrogens with one attached hydrogen (secondary N) is 2. The number of amides is 1. The highest BCUT2D eigenvalue weighted by Gasteiger charge is 2.20. The van der Waals surface area contributed by atoms with Crippen molar-refractivity contribution >= 4 is 36.4 Å². The maximum Gasteiger partial charge on any atom is 0.238 e. The molecule has 1 amide bonds. The van der Waals surface area contributed by atoms with Gasteiger partial charge in [0.1, 0.15) is 12.4 Å². The van der Waals surface area contributed by atoms with Gasteiger partial charge in [-0.2, -0.15) is 0 Å². The SMILES string of the molecule is Cc1cc(NC(=O)CNCC2CC2)ccc1OCCN1CCCC1.Cl.Cl. The molecule has 1 heterocycles. The Labute approximate surface area is 169 Å². The molecular weight excluding hydrogens is 373 g/mol. The van der Waals surface area contributed by atoms with Crippen LogP contribution in [0.25, 0.3) is 0 Å². The number of carbonyl (C=O) groups is 1. The predicted molar refractivity (Wildman–Crippen MR) is 111 cm³/mol. The molecule has 5 nitrogen and oxygen atoms in total. The number of carbonyl (C=O) groups excluding carboxylic acids is 1. The molecule has 7 heteroatoms. The van der Waals surface area contributed by atoms with E-state index in [2.05, 4.69) is 15.5 Å². The molecule has 2 N–H and O–H groups in total. The fourth-order valence-electron chi connectivity index (χ4n) is 3.10. The smallest absolute Gasteiger partial charge is 0.238 e. The third kappa shape index (κ3) is 7.70. The van der Waals surface area contributed by atoms with E-state index in [0.29, 0.717) is 6.54 Å². The number of hydrogen-bond acceptors (Lipinski definition) is 4. The van der Waals surface area contributed by atoms with E-state index in [4.69, 9.17) is 4.74 Å². The lowest BCUT2D eigenvalue weighted by Crippen LogP contribution is -2.29. The standard InChI is InChI=1S/C19H29N3O2.2ClH/c1-15-12-17(21-19(23)14-20-13-16-4-5-16)6-7-18(15)24-11-10-22-8-2-3-9-22;;/h6-7,12,16,20H,2-5,8-11,13-14H2,1H3,(H,21,23);2*1H. The number of rotatable bonds is 9. The highest BCUT2D eigenvalue weighted by molar-refractivity contribution is 5.92. The molecule has 2 aliphatic rings.